The van der Waals surface area contributed by atoms with Crippen LogP contribution in [0.4, 0.5) is 0 Å². The van der Waals surface area contributed by atoms with Crippen molar-refractivity contribution in [1.29, 1.82) is 0 Å². The molecule has 0 aromatic heterocycles. The van der Waals surface area contributed by atoms with Crippen molar-refractivity contribution in [3.05, 3.63) is 0 Å². The second-order valence-electron chi connectivity index (χ2n) is 5.83. The molecule has 2 aliphatic rings. The van der Waals surface area contributed by atoms with Gasteiger partial charge in [0.25, 0.3) is 0 Å². The lowest BCUT2D eigenvalue weighted by Crippen LogP contribution is -2.62. The largest absolute Gasteiger partial charge is 0.383 e. The van der Waals surface area contributed by atoms with Gasteiger partial charge in [0, 0.05) is 32.8 Å². The number of methoxy groups -OCH3 is 1. The summed E-state index contributed by atoms with van der Waals surface area (Å²) in [6.07, 6.45) is 3.99. The molecule has 1 aliphatic carbocycles. The predicted molar refractivity (Wildman–Crippen MR) is 72.6 cm³/mol. The first-order chi connectivity index (χ1) is 8.65. The zero-order chi connectivity index (χ0) is 13.2. The molecule has 4 heteroatoms. The van der Waals surface area contributed by atoms with Gasteiger partial charge < -0.3 is 15.2 Å². The Bertz CT molecular complexity index is 271. The van der Waals surface area contributed by atoms with E-state index in [2.05, 4.69) is 18.7 Å². The molecule has 3 unspecified atom stereocenters. The zero-order valence-corrected chi connectivity index (χ0v) is 12.0. The van der Waals surface area contributed by atoms with E-state index in [1.54, 1.807) is 7.11 Å². The van der Waals surface area contributed by atoms with Crippen LogP contribution in [0, 0.1) is 5.92 Å². The van der Waals surface area contributed by atoms with Gasteiger partial charge in [0.05, 0.1) is 18.2 Å². The molecular formula is C14H28N2O2. The van der Waals surface area contributed by atoms with E-state index in [1.165, 1.54) is 12.8 Å². The minimum Gasteiger partial charge on any atom is -0.383 e. The molecule has 1 aliphatic heterocycles. The van der Waals surface area contributed by atoms with Gasteiger partial charge in [-0.15, -0.1) is 0 Å². The van der Waals surface area contributed by atoms with E-state index in [0.717, 1.165) is 32.1 Å². The fraction of sp³-hybridized carbons (Fsp3) is 1.00. The lowest BCUT2D eigenvalue weighted by atomic mass is 9.87. The first kappa shape index (κ1) is 14.3. The average molecular weight is 256 g/mol. The number of nitrogens with zero attached hydrogens (tertiary/aromatic N) is 1. The van der Waals surface area contributed by atoms with Crippen LogP contribution in [-0.2, 0) is 9.47 Å². The summed E-state index contributed by atoms with van der Waals surface area (Å²) in [7, 11) is 1.77. The average Bonchev–Trinajstić information content (AvgIpc) is 3.15. The van der Waals surface area contributed by atoms with Crippen LogP contribution >= 0.6 is 0 Å². The van der Waals surface area contributed by atoms with Gasteiger partial charge in [-0.2, -0.15) is 0 Å². The van der Waals surface area contributed by atoms with Gasteiger partial charge in [-0.1, -0.05) is 0 Å². The highest BCUT2D eigenvalue weighted by atomic mass is 16.5. The maximum atomic E-state index is 6.13. The van der Waals surface area contributed by atoms with E-state index in [-0.39, 0.29) is 11.6 Å². The quantitative estimate of drug-likeness (QED) is 0.744. The summed E-state index contributed by atoms with van der Waals surface area (Å²) >= 11 is 0. The number of rotatable bonds is 7. The van der Waals surface area contributed by atoms with Crippen LogP contribution in [0.5, 0.6) is 0 Å². The van der Waals surface area contributed by atoms with Crippen molar-refractivity contribution in [2.45, 2.75) is 50.8 Å². The Morgan fingerprint density at radius 1 is 1.50 bits per heavy atom. The Morgan fingerprint density at radius 2 is 2.22 bits per heavy atom. The second kappa shape index (κ2) is 5.87. The monoisotopic (exact) mass is 256 g/mol. The maximum Gasteiger partial charge on any atom is 0.0743 e. The Balaban J connectivity index is 2.14. The molecule has 106 valence electrons. The lowest BCUT2D eigenvalue weighted by molar-refractivity contribution is -0.0234. The van der Waals surface area contributed by atoms with Crippen LogP contribution in [0.15, 0.2) is 0 Å². The van der Waals surface area contributed by atoms with Crippen LogP contribution in [-0.4, -0.2) is 56.0 Å². The fourth-order valence-corrected chi connectivity index (χ4v) is 3.39. The molecule has 2 N–H and O–H groups in total. The molecule has 1 saturated carbocycles. The Kier molecular flexibility index (Phi) is 4.64. The van der Waals surface area contributed by atoms with Gasteiger partial charge in [-0.25, -0.2) is 0 Å². The Labute approximate surface area is 111 Å². The van der Waals surface area contributed by atoms with Gasteiger partial charge in [0.15, 0.2) is 0 Å². The summed E-state index contributed by atoms with van der Waals surface area (Å²) in [4.78, 5) is 2.58. The molecule has 2 fully saturated rings. The van der Waals surface area contributed by atoms with Crippen molar-refractivity contribution in [3.8, 4) is 0 Å². The van der Waals surface area contributed by atoms with E-state index >= 15 is 0 Å². The summed E-state index contributed by atoms with van der Waals surface area (Å²) in [5.41, 5.74) is 6.14. The third-order valence-electron chi connectivity index (χ3n) is 4.92. The topological polar surface area (TPSA) is 47.7 Å². The van der Waals surface area contributed by atoms with Crippen LogP contribution in [0.1, 0.15) is 33.1 Å². The highest BCUT2D eigenvalue weighted by Gasteiger charge is 2.49. The highest BCUT2D eigenvalue weighted by Crippen LogP contribution is 2.41. The fourth-order valence-electron chi connectivity index (χ4n) is 3.39. The van der Waals surface area contributed by atoms with Crippen LogP contribution in [0.2, 0.25) is 0 Å². The van der Waals surface area contributed by atoms with Gasteiger partial charge in [-0.05, 0) is 39.0 Å². The highest BCUT2D eigenvalue weighted by molar-refractivity contribution is 5.04. The summed E-state index contributed by atoms with van der Waals surface area (Å²) in [5.74, 6) is 0.845. The minimum atomic E-state index is 0.0144. The molecule has 1 heterocycles. The first-order valence-corrected chi connectivity index (χ1v) is 7.23. The number of nitrogens with two attached hydrogens (primary N) is 1. The lowest BCUT2D eigenvalue weighted by Gasteiger charge is -2.46. The SMILES string of the molecule is COCCN(C(C)C1CC1)C1(CN)CCOC1C. The molecule has 0 bridgehead atoms. The molecule has 0 spiro atoms. The summed E-state index contributed by atoms with van der Waals surface area (Å²) in [5, 5.41) is 0. The third-order valence-corrected chi connectivity index (χ3v) is 4.92. The summed E-state index contributed by atoms with van der Waals surface area (Å²) in [6.45, 7) is 7.74. The second-order valence-corrected chi connectivity index (χ2v) is 5.83. The van der Waals surface area contributed by atoms with Crippen molar-refractivity contribution in [2.24, 2.45) is 11.7 Å². The molecule has 0 amide bonds. The summed E-state index contributed by atoms with van der Waals surface area (Å²) in [6, 6.07) is 0.591. The van der Waals surface area contributed by atoms with E-state index in [0.29, 0.717) is 12.6 Å². The van der Waals surface area contributed by atoms with E-state index < -0.39 is 0 Å². The predicted octanol–water partition coefficient (Wildman–Crippen LogP) is 1.24. The van der Waals surface area contributed by atoms with E-state index in [1.807, 2.05) is 0 Å². The van der Waals surface area contributed by atoms with Crippen molar-refractivity contribution in [1.82, 2.24) is 4.90 Å². The van der Waals surface area contributed by atoms with Crippen molar-refractivity contribution in [3.63, 3.8) is 0 Å². The standard InChI is InChI=1S/C14H28N2O2/c1-11(13-4-5-13)16(7-9-17-3)14(10-15)6-8-18-12(14)2/h11-13H,4-10,15H2,1-3H3. The van der Waals surface area contributed by atoms with Gasteiger partial charge in [0.1, 0.15) is 0 Å². The molecule has 4 nitrogen and oxygen atoms in total. The smallest absolute Gasteiger partial charge is 0.0743 e. The van der Waals surface area contributed by atoms with Crippen LogP contribution in [0.3, 0.4) is 0 Å². The van der Waals surface area contributed by atoms with E-state index in [9.17, 15) is 0 Å². The molecule has 0 aromatic carbocycles. The van der Waals surface area contributed by atoms with Crippen LogP contribution < -0.4 is 5.73 Å². The van der Waals surface area contributed by atoms with Crippen molar-refractivity contribution < 1.29 is 9.47 Å². The number of ether oxygens (including phenoxy) is 2. The molecule has 18 heavy (non-hydrogen) atoms. The minimum absolute atomic E-state index is 0.0144. The third kappa shape index (κ3) is 2.57. The van der Waals surface area contributed by atoms with Crippen LogP contribution in [0.25, 0.3) is 0 Å². The zero-order valence-electron chi connectivity index (χ0n) is 12.0. The molecule has 1 saturated heterocycles. The summed E-state index contributed by atoms with van der Waals surface area (Å²) < 4.78 is 11.1. The molecule has 0 radical (unpaired) electrons. The van der Waals surface area contributed by atoms with E-state index in [4.69, 9.17) is 15.2 Å². The normalized spacial score (nSPS) is 34.2. The number of hydrogen-bond donors (Lipinski definition) is 1. The van der Waals surface area contributed by atoms with Crippen molar-refractivity contribution >= 4 is 0 Å². The molecule has 2 rings (SSSR count). The molecule has 0 aromatic rings. The first-order valence-electron chi connectivity index (χ1n) is 7.23. The Hall–Kier alpha value is -0.160. The maximum absolute atomic E-state index is 6.13. The van der Waals surface area contributed by atoms with Gasteiger partial charge in [0.2, 0.25) is 0 Å². The molecule has 3 atom stereocenters. The Morgan fingerprint density at radius 3 is 2.67 bits per heavy atom. The van der Waals surface area contributed by atoms with Gasteiger partial charge >= 0.3 is 0 Å². The molecular weight excluding hydrogens is 228 g/mol. The van der Waals surface area contributed by atoms with Gasteiger partial charge in [-0.3, -0.25) is 4.90 Å². The number of hydrogen-bond acceptors (Lipinski definition) is 4. The van der Waals surface area contributed by atoms with Crippen molar-refractivity contribution in [2.75, 3.05) is 33.4 Å².